The van der Waals surface area contributed by atoms with E-state index in [-0.39, 0.29) is 5.82 Å². The molecule has 0 fully saturated rings. The van der Waals surface area contributed by atoms with Crippen LogP contribution >= 0.6 is 0 Å². The van der Waals surface area contributed by atoms with Crippen LogP contribution in [0.15, 0.2) is 24.5 Å². The molecule has 2 aromatic heterocycles. The second-order valence-electron chi connectivity index (χ2n) is 3.58. The number of carboxylic acids is 2. The minimum atomic E-state index is -1.24. The van der Waals surface area contributed by atoms with Gasteiger partial charge in [0.2, 0.25) is 0 Å². The van der Waals surface area contributed by atoms with Crippen LogP contribution in [-0.4, -0.2) is 42.8 Å². The van der Waals surface area contributed by atoms with Gasteiger partial charge in [-0.15, -0.1) is 0 Å². The highest BCUT2D eigenvalue weighted by molar-refractivity contribution is 5.83. The fourth-order valence-corrected chi connectivity index (χ4v) is 1.45. The van der Waals surface area contributed by atoms with Gasteiger partial charge in [0.25, 0.3) is 0 Å². The molecule has 0 spiro atoms. The second-order valence-corrected chi connectivity index (χ2v) is 3.58. The van der Waals surface area contributed by atoms with Crippen molar-refractivity contribution < 1.29 is 19.8 Å². The SMILES string of the molecule is O=C(O)CC(Nc1ccn2nccc2n1)C(=O)O. The van der Waals surface area contributed by atoms with Crippen LogP contribution < -0.4 is 5.32 Å². The first-order valence-corrected chi connectivity index (χ1v) is 5.08. The normalized spacial score (nSPS) is 12.2. The van der Waals surface area contributed by atoms with Crippen molar-refractivity contribution in [1.29, 1.82) is 0 Å². The summed E-state index contributed by atoms with van der Waals surface area (Å²) < 4.78 is 1.51. The first-order valence-electron chi connectivity index (χ1n) is 5.08. The quantitative estimate of drug-likeness (QED) is 0.687. The number of anilines is 1. The number of nitrogens with zero attached hydrogens (tertiary/aromatic N) is 3. The van der Waals surface area contributed by atoms with Gasteiger partial charge in [-0.25, -0.2) is 14.3 Å². The molecular weight excluding hydrogens is 240 g/mol. The first kappa shape index (κ1) is 11.8. The van der Waals surface area contributed by atoms with E-state index in [1.165, 1.54) is 10.6 Å². The monoisotopic (exact) mass is 250 g/mol. The number of hydrogen-bond donors (Lipinski definition) is 3. The summed E-state index contributed by atoms with van der Waals surface area (Å²) in [4.78, 5) is 25.5. The average Bonchev–Trinajstić information content (AvgIpc) is 2.74. The third-order valence-electron chi connectivity index (χ3n) is 2.26. The highest BCUT2D eigenvalue weighted by Gasteiger charge is 2.21. The van der Waals surface area contributed by atoms with Crippen LogP contribution in [0.5, 0.6) is 0 Å². The fraction of sp³-hybridized carbons (Fsp3) is 0.200. The Balaban J connectivity index is 2.19. The topological polar surface area (TPSA) is 117 Å². The molecule has 2 rings (SSSR count). The van der Waals surface area contributed by atoms with E-state index in [0.717, 1.165) is 0 Å². The van der Waals surface area contributed by atoms with E-state index in [0.29, 0.717) is 5.65 Å². The van der Waals surface area contributed by atoms with Gasteiger partial charge >= 0.3 is 11.9 Å². The Labute approximate surface area is 101 Å². The summed E-state index contributed by atoms with van der Waals surface area (Å²) in [7, 11) is 0. The molecule has 0 amide bonds. The van der Waals surface area contributed by atoms with E-state index in [4.69, 9.17) is 10.2 Å². The zero-order valence-corrected chi connectivity index (χ0v) is 9.15. The summed E-state index contributed by atoms with van der Waals surface area (Å²) in [6, 6.07) is 1.95. The minimum absolute atomic E-state index is 0.289. The van der Waals surface area contributed by atoms with Crippen LogP contribution in [0, 0.1) is 0 Å². The lowest BCUT2D eigenvalue weighted by molar-refractivity contribution is -0.144. The molecule has 0 aliphatic rings. The van der Waals surface area contributed by atoms with Gasteiger partial charge in [0.1, 0.15) is 11.9 Å². The van der Waals surface area contributed by atoms with Gasteiger partial charge in [-0.05, 0) is 6.07 Å². The molecule has 0 saturated heterocycles. The number of aliphatic carboxylic acids is 2. The predicted molar refractivity (Wildman–Crippen MR) is 60.3 cm³/mol. The van der Waals surface area contributed by atoms with Crippen LogP contribution in [0.1, 0.15) is 6.42 Å². The molecule has 1 atom stereocenters. The van der Waals surface area contributed by atoms with Crippen LogP contribution in [-0.2, 0) is 9.59 Å². The van der Waals surface area contributed by atoms with Gasteiger partial charge in [-0.2, -0.15) is 5.10 Å². The highest BCUT2D eigenvalue weighted by Crippen LogP contribution is 2.09. The van der Waals surface area contributed by atoms with Crippen molar-refractivity contribution in [3.63, 3.8) is 0 Å². The lowest BCUT2D eigenvalue weighted by atomic mass is 10.2. The molecule has 0 radical (unpaired) electrons. The Morgan fingerprint density at radius 3 is 2.83 bits per heavy atom. The van der Waals surface area contributed by atoms with Gasteiger partial charge in [0.15, 0.2) is 5.65 Å². The van der Waals surface area contributed by atoms with Gasteiger partial charge in [0, 0.05) is 12.3 Å². The molecule has 1 unspecified atom stereocenters. The van der Waals surface area contributed by atoms with Crippen molar-refractivity contribution in [1.82, 2.24) is 14.6 Å². The predicted octanol–water partition coefficient (Wildman–Crippen LogP) is 0.0691. The van der Waals surface area contributed by atoms with Gasteiger partial charge in [0.05, 0.1) is 12.6 Å². The van der Waals surface area contributed by atoms with E-state index < -0.39 is 24.4 Å². The molecule has 2 aromatic rings. The molecule has 0 aliphatic carbocycles. The molecule has 2 heterocycles. The molecule has 94 valence electrons. The number of carboxylic acid groups (broad SMARTS) is 2. The van der Waals surface area contributed by atoms with Crippen LogP contribution in [0.2, 0.25) is 0 Å². The summed E-state index contributed by atoms with van der Waals surface area (Å²) in [5.74, 6) is -2.15. The number of hydrogen-bond acceptors (Lipinski definition) is 5. The van der Waals surface area contributed by atoms with Crippen LogP contribution in [0.25, 0.3) is 5.65 Å². The van der Waals surface area contributed by atoms with E-state index >= 15 is 0 Å². The van der Waals surface area contributed by atoms with E-state index in [9.17, 15) is 9.59 Å². The number of carbonyl (C=O) groups is 2. The third-order valence-corrected chi connectivity index (χ3v) is 2.26. The van der Waals surface area contributed by atoms with Gasteiger partial charge in [-0.1, -0.05) is 0 Å². The van der Waals surface area contributed by atoms with Gasteiger partial charge in [-0.3, -0.25) is 4.79 Å². The summed E-state index contributed by atoms with van der Waals surface area (Å²) in [5.41, 5.74) is 0.541. The summed E-state index contributed by atoms with van der Waals surface area (Å²) in [6.45, 7) is 0. The number of nitrogens with one attached hydrogen (secondary N) is 1. The third kappa shape index (κ3) is 2.54. The highest BCUT2D eigenvalue weighted by atomic mass is 16.4. The van der Waals surface area contributed by atoms with Crippen LogP contribution in [0.4, 0.5) is 5.82 Å². The van der Waals surface area contributed by atoms with Crippen molar-refractivity contribution in [3.05, 3.63) is 24.5 Å². The summed E-state index contributed by atoms with van der Waals surface area (Å²) >= 11 is 0. The average molecular weight is 250 g/mol. The standard InChI is InChI=1S/C10H10N4O4/c15-9(16)5-6(10(17)18)12-7-2-4-14-8(13-7)1-3-11-14/h1-4,6H,5H2,(H,12,13)(H,15,16)(H,17,18). The van der Waals surface area contributed by atoms with E-state index in [2.05, 4.69) is 15.4 Å². The van der Waals surface area contributed by atoms with Crippen LogP contribution in [0.3, 0.4) is 0 Å². The molecule has 3 N–H and O–H groups in total. The Morgan fingerprint density at radius 1 is 1.39 bits per heavy atom. The molecule has 18 heavy (non-hydrogen) atoms. The molecule has 8 heteroatoms. The Bertz CT molecular complexity index is 594. The maximum atomic E-state index is 10.9. The lowest BCUT2D eigenvalue weighted by Crippen LogP contribution is -2.32. The summed E-state index contributed by atoms with van der Waals surface area (Å²) in [5, 5.41) is 24.0. The lowest BCUT2D eigenvalue weighted by Gasteiger charge is -2.12. The zero-order chi connectivity index (χ0) is 13.1. The second kappa shape index (κ2) is 4.70. The van der Waals surface area contributed by atoms with Crippen molar-refractivity contribution in [2.24, 2.45) is 0 Å². The van der Waals surface area contributed by atoms with Gasteiger partial charge < -0.3 is 15.5 Å². The molecular formula is C10H10N4O4. The Morgan fingerprint density at radius 2 is 2.17 bits per heavy atom. The van der Waals surface area contributed by atoms with E-state index in [1.807, 2.05) is 0 Å². The van der Waals surface area contributed by atoms with Crippen molar-refractivity contribution in [2.75, 3.05) is 5.32 Å². The Hall–Kier alpha value is -2.64. The fourth-order valence-electron chi connectivity index (χ4n) is 1.45. The number of rotatable bonds is 5. The maximum absolute atomic E-state index is 10.9. The zero-order valence-electron chi connectivity index (χ0n) is 9.15. The number of aromatic nitrogens is 3. The largest absolute Gasteiger partial charge is 0.481 e. The van der Waals surface area contributed by atoms with Crippen molar-refractivity contribution in [3.8, 4) is 0 Å². The minimum Gasteiger partial charge on any atom is -0.481 e. The van der Waals surface area contributed by atoms with E-state index in [1.54, 1.807) is 18.5 Å². The number of fused-ring (bicyclic) bond motifs is 1. The molecule has 8 nitrogen and oxygen atoms in total. The summed E-state index contributed by atoms with van der Waals surface area (Å²) in [6.07, 6.45) is 2.63. The maximum Gasteiger partial charge on any atom is 0.326 e. The first-order chi connectivity index (χ1) is 8.56. The molecule has 0 aliphatic heterocycles. The molecule has 0 saturated carbocycles. The molecule has 0 bridgehead atoms. The molecule has 0 aromatic carbocycles. The Kier molecular flexibility index (Phi) is 3.09. The van der Waals surface area contributed by atoms with Crippen molar-refractivity contribution >= 4 is 23.4 Å². The smallest absolute Gasteiger partial charge is 0.326 e. The van der Waals surface area contributed by atoms with Crippen molar-refractivity contribution in [2.45, 2.75) is 12.5 Å².